The summed E-state index contributed by atoms with van der Waals surface area (Å²) in [7, 11) is 0. The van der Waals surface area contributed by atoms with E-state index in [1.807, 2.05) is 0 Å². The second kappa shape index (κ2) is 5.02. The van der Waals surface area contributed by atoms with Gasteiger partial charge in [-0.1, -0.05) is 0 Å². The van der Waals surface area contributed by atoms with Gasteiger partial charge in [0.15, 0.2) is 10.8 Å². The van der Waals surface area contributed by atoms with Crippen molar-refractivity contribution in [1.29, 1.82) is 0 Å². The van der Waals surface area contributed by atoms with Gasteiger partial charge in [-0.15, -0.1) is 11.3 Å². The summed E-state index contributed by atoms with van der Waals surface area (Å²) in [6.45, 7) is 5.70. The molecule has 1 saturated carbocycles. The molecule has 1 atom stereocenters. The van der Waals surface area contributed by atoms with Crippen molar-refractivity contribution in [2.45, 2.75) is 38.5 Å². The number of ether oxygens (including phenoxy) is 1. The SMILES string of the molecule is CC1CN(c2nc3sccn3c2CNC2CC2)CCO1. The molecule has 2 aliphatic rings. The zero-order valence-electron chi connectivity index (χ0n) is 11.7. The van der Waals surface area contributed by atoms with Crippen LogP contribution in [0.1, 0.15) is 25.5 Å². The van der Waals surface area contributed by atoms with Gasteiger partial charge in [-0.25, -0.2) is 4.98 Å². The third kappa shape index (κ3) is 2.32. The second-order valence-corrected chi connectivity index (χ2v) is 6.59. The maximum atomic E-state index is 5.64. The van der Waals surface area contributed by atoms with Crippen LogP contribution in [0, 0.1) is 0 Å². The van der Waals surface area contributed by atoms with Crippen LogP contribution in [-0.4, -0.2) is 41.2 Å². The van der Waals surface area contributed by atoms with E-state index in [4.69, 9.17) is 9.72 Å². The Balaban J connectivity index is 1.65. The van der Waals surface area contributed by atoms with E-state index in [-0.39, 0.29) is 6.10 Å². The first-order valence-corrected chi connectivity index (χ1v) is 8.23. The predicted octanol–water partition coefficient (Wildman–Crippen LogP) is 1.87. The monoisotopic (exact) mass is 292 g/mol. The average molecular weight is 292 g/mol. The summed E-state index contributed by atoms with van der Waals surface area (Å²) in [5, 5.41) is 5.72. The number of nitrogens with one attached hydrogen (secondary N) is 1. The fourth-order valence-electron chi connectivity index (χ4n) is 2.78. The van der Waals surface area contributed by atoms with Gasteiger partial charge < -0.3 is 15.0 Å². The largest absolute Gasteiger partial charge is 0.375 e. The van der Waals surface area contributed by atoms with E-state index in [9.17, 15) is 0 Å². The van der Waals surface area contributed by atoms with Crippen LogP contribution >= 0.6 is 11.3 Å². The van der Waals surface area contributed by atoms with Gasteiger partial charge >= 0.3 is 0 Å². The molecule has 108 valence electrons. The fraction of sp³-hybridized carbons (Fsp3) is 0.643. The van der Waals surface area contributed by atoms with Gasteiger partial charge in [-0.05, 0) is 19.8 Å². The van der Waals surface area contributed by atoms with Crippen LogP contribution in [0.3, 0.4) is 0 Å². The van der Waals surface area contributed by atoms with Crippen LogP contribution in [0.25, 0.3) is 4.96 Å². The van der Waals surface area contributed by atoms with Crippen LogP contribution in [0.4, 0.5) is 5.82 Å². The number of aromatic nitrogens is 2. The molecule has 1 saturated heterocycles. The van der Waals surface area contributed by atoms with Gasteiger partial charge in [0.05, 0.1) is 18.4 Å². The molecule has 2 aromatic heterocycles. The lowest BCUT2D eigenvalue weighted by Gasteiger charge is -2.32. The smallest absolute Gasteiger partial charge is 0.195 e. The maximum Gasteiger partial charge on any atom is 0.195 e. The molecule has 2 aromatic rings. The molecule has 1 N–H and O–H groups in total. The fourth-order valence-corrected chi connectivity index (χ4v) is 3.51. The minimum atomic E-state index is 0.285. The highest BCUT2D eigenvalue weighted by atomic mass is 32.1. The van der Waals surface area contributed by atoms with Gasteiger partial charge in [-0.3, -0.25) is 4.40 Å². The van der Waals surface area contributed by atoms with E-state index in [2.05, 4.69) is 33.1 Å². The first kappa shape index (κ1) is 12.6. The Morgan fingerprint density at radius 2 is 2.40 bits per heavy atom. The van der Waals surface area contributed by atoms with Crippen molar-refractivity contribution >= 4 is 22.1 Å². The number of rotatable bonds is 4. The lowest BCUT2D eigenvalue weighted by atomic mass is 10.3. The van der Waals surface area contributed by atoms with Crippen LogP contribution in [0.2, 0.25) is 0 Å². The van der Waals surface area contributed by atoms with Gasteiger partial charge in [0.2, 0.25) is 0 Å². The Kier molecular flexibility index (Phi) is 3.17. The zero-order chi connectivity index (χ0) is 13.5. The van der Waals surface area contributed by atoms with Crippen LogP contribution in [0.15, 0.2) is 11.6 Å². The summed E-state index contributed by atoms with van der Waals surface area (Å²) in [5.41, 5.74) is 1.29. The average Bonchev–Trinajstić information content (AvgIpc) is 3.04. The van der Waals surface area contributed by atoms with Crippen LogP contribution < -0.4 is 10.2 Å². The van der Waals surface area contributed by atoms with Gasteiger partial charge in [0.1, 0.15) is 0 Å². The third-order valence-electron chi connectivity index (χ3n) is 4.02. The second-order valence-electron chi connectivity index (χ2n) is 5.72. The highest BCUT2D eigenvalue weighted by Crippen LogP contribution is 2.27. The van der Waals surface area contributed by atoms with Gasteiger partial charge in [-0.2, -0.15) is 0 Å². The van der Waals surface area contributed by atoms with E-state index >= 15 is 0 Å². The molecule has 5 nitrogen and oxygen atoms in total. The normalized spacial score (nSPS) is 23.6. The highest BCUT2D eigenvalue weighted by Gasteiger charge is 2.26. The molecular formula is C14H20N4OS. The minimum absolute atomic E-state index is 0.285. The van der Waals surface area contributed by atoms with E-state index in [0.717, 1.165) is 43.1 Å². The molecule has 0 aromatic carbocycles. The van der Waals surface area contributed by atoms with Crippen molar-refractivity contribution in [3.8, 4) is 0 Å². The molecule has 1 unspecified atom stereocenters. The molecule has 3 heterocycles. The van der Waals surface area contributed by atoms with Crippen LogP contribution in [-0.2, 0) is 11.3 Å². The van der Waals surface area contributed by atoms with E-state index < -0.39 is 0 Å². The summed E-state index contributed by atoms with van der Waals surface area (Å²) in [4.78, 5) is 8.30. The Bertz CT molecular complexity index is 603. The molecule has 0 bridgehead atoms. The molecule has 0 radical (unpaired) electrons. The molecule has 2 fully saturated rings. The summed E-state index contributed by atoms with van der Waals surface area (Å²) in [5.74, 6) is 1.14. The highest BCUT2D eigenvalue weighted by molar-refractivity contribution is 7.15. The van der Waals surface area contributed by atoms with E-state index in [0.29, 0.717) is 0 Å². The topological polar surface area (TPSA) is 41.8 Å². The van der Waals surface area contributed by atoms with Gasteiger partial charge in [0, 0.05) is 37.3 Å². The number of hydrogen-bond donors (Lipinski definition) is 1. The number of hydrogen-bond acceptors (Lipinski definition) is 5. The third-order valence-corrected chi connectivity index (χ3v) is 4.77. The van der Waals surface area contributed by atoms with Crippen molar-refractivity contribution in [3.63, 3.8) is 0 Å². The van der Waals surface area contributed by atoms with Crippen molar-refractivity contribution in [2.75, 3.05) is 24.6 Å². The molecular weight excluding hydrogens is 272 g/mol. The lowest BCUT2D eigenvalue weighted by molar-refractivity contribution is 0.0529. The van der Waals surface area contributed by atoms with Crippen molar-refractivity contribution in [2.24, 2.45) is 0 Å². The number of anilines is 1. The number of morpholine rings is 1. The lowest BCUT2D eigenvalue weighted by Crippen LogP contribution is -2.42. The Hall–Kier alpha value is -1.11. The molecule has 4 rings (SSSR count). The van der Waals surface area contributed by atoms with Crippen molar-refractivity contribution < 1.29 is 4.74 Å². The maximum absolute atomic E-state index is 5.64. The molecule has 20 heavy (non-hydrogen) atoms. The Labute approximate surface area is 122 Å². The number of thiazole rings is 1. The quantitative estimate of drug-likeness (QED) is 0.934. The summed E-state index contributed by atoms with van der Waals surface area (Å²) in [6.07, 6.45) is 5.04. The molecule has 1 aliphatic heterocycles. The summed E-state index contributed by atoms with van der Waals surface area (Å²) >= 11 is 1.70. The molecule has 1 aliphatic carbocycles. The number of nitrogens with zero attached hydrogens (tertiary/aromatic N) is 3. The predicted molar refractivity (Wildman–Crippen MR) is 80.6 cm³/mol. The van der Waals surface area contributed by atoms with Gasteiger partial charge in [0.25, 0.3) is 0 Å². The van der Waals surface area contributed by atoms with Crippen LogP contribution in [0.5, 0.6) is 0 Å². The standard InChI is InChI=1S/C14H20N4OS/c1-10-9-17(4-6-19-10)13-12(8-15-11-2-3-11)18-5-7-20-14(18)16-13/h5,7,10-11,15H,2-4,6,8-9H2,1H3. The zero-order valence-corrected chi connectivity index (χ0v) is 12.5. The van der Waals surface area contributed by atoms with Crippen molar-refractivity contribution in [3.05, 3.63) is 17.3 Å². The van der Waals surface area contributed by atoms with Crippen molar-refractivity contribution in [1.82, 2.24) is 14.7 Å². The molecule has 0 amide bonds. The summed E-state index contributed by atoms with van der Waals surface area (Å²) < 4.78 is 7.88. The number of imidazole rings is 1. The minimum Gasteiger partial charge on any atom is -0.375 e. The molecule has 6 heteroatoms. The Morgan fingerprint density at radius 1 is 1.50 bits per heavy atom. The first-order chi connectivity index (χ1) is 9.81. The molecule has 0 spiro atoms. The first-order valence-electron chi connectivity index (χ1n) is 7.35. The Morgan fingerprint density at radius 3 is 3.20 bits per heavy atom. The summed E-state index contributed by atoms with van der Waals surface area (Å²) in [6, 6.07) is 0.718. The number of fused-ring (bicyclic) bond motifs is 1. The van der Waals surface area contributed by atoms with E-state index in [1.54, 1.807) is 11.3 Å². The van der Waals surface area contributed by atoms with E-state index in [1.165, 1.54) is 18.5 Å².